The average Bonchev–Trinajstić information content (AvgIpc) is 2.41. The predicted molar refractivity (Wildman–Crippen MR) is 70.6 cm³/mol. The molecule has 0 saturated heterocycles. The van der Waals surface area contributed by atoms with Gasteiger partial charge in [-0.25, -0.2) is 0 Å². The summed E-state index contributed by atoms with van der Waals surface area (Å²) >= 11 is 0. The molecule has 0 aliphatic rings. The Morgan fingerprint density at radius 1 is 1.21 bits per heavy atom. The van der Waals surface area contributed by atoms with Gasteiger partial charge in [-0.2, -0.15) is 5.26 Å². The van der Waals surface area contributed by atoms with Crippen LogP contribution >= 0.6 is 0 Å². The zero-order chi connectivity index (χ0) is 13.8. The minimum absolute atomic E-state index is 0.306. The molecule has 0 bridgehead atoms. The average molecular weight is 253 g/mol. The van der Waals surface area contributed by atoms with Crippen molar-refractivity contribution in [3.63, 3.8) is 0 Å². The van der Waals surface area contributed by atoms with E-state index in [1.54, 1.807) is 30.3 Å². The number of nitriles is 1. The quantitative estimate of drug-likeness (QED) is 0.817. The molecule has 0 unspecified atom stereocenters. The lowest BCUT2D eigenvalue weighted by atomic mass is 10.2. The fourth-order valence-electron chi connectivity index (χ4n) is 1.53. The van der Waals surface area contributed by atoms with E-state index in [9.17, 15) is 4.79 Å². The number of hydrogen-bond donors (Lipinski definition) is 2. The van der Waals surface area contributed by atoms with E-state index in [2.05, 4.69) is 0 Å². The van der Waals surface area contributed by atoms with Gasteiger partial charge < -0.3 is 16.2 Å². The molecule has 2 aromatic carbocycles. The SMILES string of the molecule is N#Cc1cccc(Oc2cc(C(N)=O)ccc2N)c1. The molecule has 0 atom stereocenters. The second kappa shape index (κ2) is 5.10. The molecular weight excluding hydrogens is 242 g/mol. The van der Waals surface area contributed by atoms with Gasteiger partial charge in [-0.1, -0.05) is 6.07 Å². The number of carbonyl (C=O) groups is 1. The topological polar surface area (TPSA) is 102 Å². The van der Waals surface area contributed by atoms with Crippen molar-refractivity contribution in [2.24, 2.45) is 5.73 Å². The van der Waals surface area contributed by atoms with Crippen LogP contribution in [0.15, 0.2) is 42.5 Å². The van der Waals surface area contributed by atoms with Crippen molar-refractivity contribution in [3.05, 3.63) is 53.6 Å². The minimum Gasteiger partial charge on any atom is -0.455 e. The fourth-order valence-corrected chi connectivity index (χ4v) is 1.53. The van der Waals surface area contributed by atoms with Crippen molar-refractivity contribution in [2.75, 3.05) is 5.73 Å². The van der Waals surface area contributed by atoms with Gasteiger partial charge in [0.25, 0.3) is 0 Å². The fraction of sp³-hybridized carbons (Fsp3) is 0. The van der Waals surface area contributed by atoms with Gasteiger partial charge in [0.2, 0.25) is 5.91 Å². The number of hydrogen-bond acceptors (Lipinski definition) is 4. The van der Waals surface area contributed by atoms with Gasteiger partial charge in [-0.05, 0) is 36.4 Å². The molecule has 0 radical (unpaired) electrons. The smallest absolute Gasteiger partial charge is 0.248 e. The summed E-state index contributed by atoms with van der Waals surface area (Å²) in [5, 5.41) is 8.81. The summed E-state index contributed by atoms with van der Waals surface area (Å²) in [5.74, 6) is 0.231. The lowest BCUT2D eigenvalue weighted by Crippen LogP contribution is -2.11. The standard InChI is InChI=1S/C14H11N3O2/c15-8-9-2-1-3-11(6-9)19-13-7-10(14(17)18)4-5-12(13)16/h1-7H,16H2,(H2,17,18). The van der Waals surface area contributed by atoms with Gasteiger partial charge in [-0.15, -0.1) is 0 Å². The molecule has 2 rings (SSSR count). The van der Waals surface area contributed by atoms with E-state index in [4.69, 9.17) is 21.5 Å². The zero-order valence-electron chi connectivity index (χ0n) is 9.96. The van der Waals surface area contributed by atoms with Crippen LogP contribution in [0.4, 0.5) is 5.69 Å². The third kappa shape index (κ3) is 2.82. The summed E-state index contributed by atoms with van der Waals surface area (Å²) in [7, 11) is 0. The molecule has 0 aliphatic heterocycles. The van der Waals surface area contributed by atoms with Crippen LogP contribution in [-0.4, -0.2) is 5.91 Å². The van der Waals surface area contributed by atoms with Crippen LogP contribution in [0.1, 0.15) is 15.9 Å². The zero-order valence-corrected chi connectivity index (χ0v) is 9.96. The predicted octanol–water partition coefficient (Wildman–Crippen LogP) is 2.03. The van der Waals surface area contributed by atoms with Crippen molar-refractivity contribution >= 4 is 11.6 Å². The van der Waals surface area contributed by atoms with Crippen LogP contribution in [0.2, 0.25) is 0 Å². The Morgan fingerprint density at radius 2 is 2.00 bits per heavy atom. The normalized spacial score (nSPS) is 9.63. The Labute approximate surface area is 110 Å². The third-order valence-corrected chi connectivity index (χ3v) is 2.49. The molecule has 94 valence electrons. The first-order valence-electron chi connectivity index (χ1n) is 5.47. The largest absolute Gasteiger partial charge is 0.455 e. The first-order valence-corrected chi connectivity index (χ1v) is 5.47. The van der Waals surface area contributed by atoms with E-state index in [1.165, 1.54) is 12.1 Å². The third-order valence-electron chi connectivity index (χ3n) is 2.49. The maximum atomic E-state index is 11.1. The Hall–Kier alpha value is -3.00. The number of rotatable bonds is 3. The van der Waals surface area contributed by atoms with Gasteiger partial charge >= 0.3 is 0 Å². The van der Waals surface area contributed by atoms with Gasteiger partial charge in [0, 0.05) is 5.56 Å². The maximum Gasteiger partial charge on any atom is 0.248 e. The highest BCUT2D eigenvalue weighted by molar-refractivity contribution is 5.93. The molecule has 1 amide bonds. The molecule has 2 aromatic rings. The highest BCUT2D eigenvalue weighted by atomic mass is 16.5. The van der Waals surface area contributed by atoms with Gasteiger partial charge in [0.1, 0.15) is 5.75 Å². The summed E-state index contributed by atoms with van der Waals surface area (Å²) in [6.45, 7) is 0. The lowest BCUT2D eigenvalue weighted by molar-refractivity contribution is 0.1000. The first kappa shape index (κ1) is 12.5. The molecule has 0 saturated carbocycles. The van der Waals surface area contributed by atoms with Crippen molar-refractivity contribution < 1.29 is 9.53 Å². The number of benzene rings is 2. The number of nitrogen functional groups attached to an aromatic ring is 1. The highest BCUT2D eigenvalue weighted by Gasteiger charge is 2.07. The number of anilines is 1. The van der Waals surface area contributed by atoms with E-state index < -0.39 is 5.91 Å². The van der Waals surface area contributed by atoms with Crippen LogP contribution in [0.5, 0.6) is 11.5 Å². The molecule has 0 spiro atoms. The van der Waals surface area contributed by atoms with Crippen LogP contribution < -0.4 is 16.2 Å². The molecule has 0 aromatic heterocycles. The second-order valence-corrected chi connectivity index (χ2v) is 3.86. The van der Waals surface area contributed by atoms with Gasteiger partial charge in [-0.3, -0.25) is 4.79 Å². The summed E-state index contributed by atoms with van der Waals surface area (Å²) in [6, 6.07) is 13.2. The maximum absolute atomic E-state index is 11.1. The van der Waals surface area contributed by atoms with Crippen LogP contribution in [0.25, 0.3) is 0 Å². The molecule has 5 heteroatoms. The van der Waals surface area contributed by atoms with Crippen molar-refractivity contribution in [1.29, 1.82) is 5.26 Å². The highest BCUT2D eigenvalue weighted by Crippen LogP contribution is 2.28. The molecule has 5 nitrogen and oxygen atoms in total. The molecule has 0 aliphatic carbocycles. The second-order valence-electron chi connectivity index (χ2n) is 3.86. The first-order chi connectivity index (χ1) is 9.10. The summed E-state index contributed by atoms with van der Waals surface area (Å²) in [4.78, 5) is 11.1. The van der Waals surface area contributed by atoms with Crippen molar-refractivity contribution in [1.82, 2.24) is 0 Å². The Morgan fingerprint density at radius 3 is 2.68 bits per heavy atom. The summed E-state index contributed by atoms with van der Waals surface area (Å²) in [5.41, 5.74) is 12.1. The lowest BCUT2D eigenvalue weighted by Gasteiger charge is -2.09. The number of carbonyl (C=O) groups excluding carboxylic acids is 1. The number of primary amides is 1. The molecule has 19 heavy (non-hydrogen) atoms. The van der Waals surface area contributed by atoms with Crippen molar-refractivity contribution in [2.45, 2.75) is 0 Å². The van der Waals surface area contributed by atoms with Gasteiger partial charge in [0.15, 0.2) is 5.75 Å². The molecule has 4 N–H and O–H groups in total. The minimum atomic E-state index is -0.560. The van der Waals surface area contributed by atoms with E-state index in [-0.39, 0.29) is 0 Å². The number of nitrogens with two attached hydrogens (primary N) is 2. The van der Waals surface area contributed by atoms with Crippen LogP contribution in [0, 0.1) is 11.3 Å². The molecule has 0 fully saturated rings. The van der Waals surface area contributed by atoms with Crippen molar-refractivity contribution in [3.8, 4) is 17.6 Å². The van der Waals surface area contributed by atoms with E-state index in [1.807, 2.05) is 6.07 Å². The number of nitrogens with zero attached hydrogens (tertiary/aromatic N) is 1. The van der Waals surface area contributed by atoms with Gasteiger partial charge in [0.05, 0.1) is 17.3 Å². The number of ether oxygens (including phenoxy) is 1. The number of amides is 1. The monoisotopic (exact) mass is 253 g/mol. The van der Waals surface area contributed by atoms with Crippen LogP contribution in [-0.2, 0) is 0 Å². The Balaban J connectivity index is 2.34. The Bertz CT molecular complexity index is 675. The molecular formula is C14H11N3O2. The summed E-state index contributed by atoms with van der Waals surface area (Å²) in [6.07, 6.45) is 0. The summed E-state index contributed by atoms with van der Waals surface area (Å²) < 4.78 is 5.56. The Kier molecular flexibility index (Phi) is 3.35. The van der Waals surface area contributed by atoms with E-state index in [0.29, 0.717) is 28.3 Å². The molecule has 0 heterocycles. The van der Waals surface area contributed by atoms with Crippen LogP contribution in [0.3, 0.4) is 0 Å². The van der Waals surface area contributed by atoms with E-state index in [0.717, 1.165) is 0 Å². The van der Waals surface area contributed by atoms with E-state index >= 15 is 0 Å².